The molecule has 0 bridgehead atoms. The standard InChI is InChI=1S/C16H15N3O2.ClH/c1-17-12-6-8-18(9-7-12)10-11-19-15(20)13-4-2-3-5-14(13)16(19)21;/h2-9H,10-11H2,1H3;1H. The lowest BCUT2D eigenvalue weighted by Gasteiger charge is -2.11. The third kappa shape index (κ3) is 2.80. The summed E-state index contributed by atoms with van der Waals surface area (Å²) in [4.78, 5) is 25.7. The summed E-state index contributed by atoms with van der Waals surface area (Å²) in [7, 11) is 1.86. The van der Waals surface area contributed by atoms with Gasteiger partial charge in [-0.3, -0.25) is 14.5 Å². The molecule has 3 rings (SSSR count). The Morgan fingerprint density at radius 1 is 1.00 bits per heavy atom. The van der Waals surface area contributed by atoms with Gasteiger partial charge in [-0.05, 0) is 12.1 Å². The summed E-state index contributed by atoms with van der Waals surface area (Å²) in [6.07, 6.45) is 3.84. The van der Waals surface area contributed by atoms with Gasteiger partial charge in [0, 0.05) is 24.9 Å². The molecule has 0 fully saturated rings. The van der Waals surface area contributed by atoms with Crippen LogP contribution in [0.1, 0.15) is 20.7 Å². The Bertz CT molecular complexity index is 666. The number of hydrogen-bond acceptors (Lipinski definition) is 3. The van der Waals surface area contributed by atoms with Crippen LogP contribution >= 0.6 is 0 Å². The second-order valence-corrected chi connectivity index (χ2v) is 4.88. The molecule has 114 valence electrons. The van der Waals surface area contributed by atoms with Crippen LogP contribution in [0.15, 0.2) is 48.8 Å². The number of hydrogen-bond donors (Lipinski definition) is 1. The summed E-state index contributed by atoms with van der Waals surface area (Å²) in [5.74, 6) is -0.411. The molecule has 22 heavy (non-hydrogen) atoms. The molecule has 1 aromatic carbocycles. The van der Waals surface area contributed by atoms with Crippen LogP contribution < -0.4 is 22.3 Å². The highest BCUT2D eigenvalue weighted by Crippen LogP contribution is 2.21. The van der Waals surface area contributed by atoms with E-state index >= 15 is 0 Å². The maximum Gasteiger partial charge on any atom is 0.261 e. The van der Waals surface area contributed by atoms with Crippen molar-refractivity contribution in [2.24, 2.45) is 0 Å². The molecule has 0 radical (unpaired) electrons. The monoisotopic (exact) mass is 317 g/mol. The molecule has 0 unspecified atom stereocenters. The third-order valence-electron chi connectivity index (χ3n) is 3.64. The highest BCUT2D eigenvalue weighted by atomic mass is 35.5. The lowest BCUT2D eigenvalue weighted by Crippen LogP contribution is -3.00. The van der Waals surface area contributed by atoms with Gasteiger partial charge in [0.2, 0.25) is 0 Å². The van der Waals surface area contributed by atoms with Gasteiger partial charge >= 0.3 is 0 Å². The molecule has 5 nitrogen and oxygen atoms in total. The number of carbonyl (C=O) groups excluding carboxylic acids is 2. The minimum absolute atomic E-state index is 0. The summed E-state index contributed by atoms with van der Waals surface area (Å²) in [6.45, 7) is 0.950. The van der Waals surface area contributed by atoms with Gasteiger partial charge in [-0.2, -0.15) is 0 Å². The van der Waals surface area contributed by atoms with Crippen molar-refractivity contribution in [3.63, 3.8) is 0 Å². The molecule has 1 aliphatic rings. The Balaban J connectivity index is 0.00000176. The number of halogens is 1. The van der Waals surface area contributed by atoms with E-state index in [0.717, 1.165) is 5.69 Å². The van der Waals surface area contributed by atoms with Crippen LogP contribution in [0.2, 0.25) is 0 Å². The van der Waals surface area contributed by atoms with E-state index in [9.17, 15) is 9.59 Å². The van der Waals surface area contributed by atoms with E-state index < -0.39 is 0 Å². The number of imide groups is 1. The Morgan fingerprint density at radius 2 is 1.55 bits per heavy atom. The molecule has 1 aromatic heterocycles. The van der Waals surface area contributed by atoms with E-state index in [2.05, 4.69) is 5.32 Å². The number of anilines is 1. The molecule has 6 heteroatoms. The quantitative estimate of drug-likeness (QED) is 0.541. The molecule has 0 saturated heterocycles. The van der Waals surface area contributed by atoms with Crippen LogP contribution in [0.25, 0.3) is 0 Å². The SMILES string of the molecule is CNc1cc[n+](CCN2C(=O)c3ccccc3C2=O)cc1.[Cl-]. The predicted molar refractivity (Wildman–Crippen MR) is 78.0 cm³/mol. The maximum absolute atomic E-state index is 12.2. The zero-order valence-corrected chi connectivity index (χ0v) is 12.9. The summed E-state index contributed by atoms with van der Waals surface area (Å²) >= 11 is 0. The predicted octanol–water partition coefficient (Wildman–Crippen LogP) is -1.68. The van der Waals surface area contributed by atoms with Crippen LogP contribution in [0.3, 0.4) is 0 Å². The van der Waals surface area contributed by atoms with E-state index in [0.29, 0.717) is 24.2 Å². The van der Waals surface area contributed by atoms with Crippen molar-refractivity contribution in [2.75, 3.05) is 18.9 Å². The van der Waals surface area contributed by atoms with Gasteiger partial charge < -0.3 is 17.7 Å². The Morgan fingerprint density at radius 3 is 2.05 bits per heavy atom. The lowest BCUT2D eigenvalue weighted by molar-refractivity contribution is -0.695. The van der Waals surface area contributed by atoms with Crippen molar-refractivity contribution in [2.45, 2.75) is 6.54 Å². The lowest BCUT2D eigenvalue weighted by atomic mass is 10.1. The van der Waals surface area contributed by atoms with E-state index in [1.54, 1.807) is 24.3 Å². The maximum atomic E-state index is 12.2. The van der Waals surface area contributed by atoms with Gasteiger partial charge in [-0.15, -0.1) is 0 Å². The molecular formula is C16H16ClN3O2. The van der Waals surface area contributed by atoms with E-state index in [-0.39, 0.29) is 24.2 Å². The first-order valence-electron chi connectivity index (χ1n) is 6.83. The largest absolute Gasteiger partial charge is 1.00 e. The number of nitrogens with one attached hydrogen (secondary N) is 1. The number of amides is 2. The highest BCUT2D eigenvalue weighted by molar-refractivity contribution is 6.21. The number of pyridine rings is 1. The average Bonchev–Trinajstić information content (AvgIpc) is 2.78. The van der Waals surface area contributed by atoms with Crippen molar-refractivity contribution in [1.82, 2.24) is 4.90 Å². The minimum Gasteiger partial charge on any atom is -1.00 e. The Labute approximate surface area is 135 Å². The fourth-order valence-electron chi connectivity index (χ4n) is 2.43. The van der Waals surface area contributed by atoms with E-state index in [4.69, 9.17) is 0 Å². The zero-order valence-electron chi connectivity index (χ0n) is 12.1. The van der Waals surface area contributed by atoms with Gasteiger partial charge in [0.05, 0.1) is 17.7 Å². The number of nitrogens with zero attached hydrogens (tertiary/aromatic N) is 2. The highest BCUT2D eigenvalue weighted by Gasteiger charge is 2.35. The molecule has 1 aliphatic heterocycles. The first kappa shape index (κ1) is 16.0. The van der Waals surface area contributed by atoms with E-state index in [1.807, 2.05) is 36.1 Å². The number of rotatable bonds is 4. The van der Waals surface area contributed by atoms with Gasteiger partial charge in [0.1, 0.15) is 0 Å². The molecule has 2 amide bonds. The van der Waals surface area contributed by atoms with E-state index in [1.165, 1.54) is 4.90 Å². The summed E-state index contributed by atoms with van der Waals surface area (Å²) in [5, 5.41) is 3.05. The minimum atomic E-state index is -0.206. The normalized spacial score (nSPS) is 12.9. The summed E-state index contributed by atoms with van der Waals surface area (Å²) in [6, 6.07) is 10.8. The average molecular weight is 318 g/mol. The van der Waals surface area contributed by atoms with Gasteiger partial charge in [0.25, 0.3) is 11.8 Å². The first-order chi connectivity index (χ1) is 10.2. The fraction of sp³-hybridized carbons (Fsp3) is 0.188. The topological polar surface area (TPSA) is 53.3 Å². The zero-order chi connectivity index (χ0) is 14.8. The van der Waals surface area contributed by atoms with Gasteiger partial charge in [0.15, 0.2) is 18.9 Å². The Kier molecular flexibility index (Phi) is 4.78. The van der Waals surface area contributed by atoms with Crippen LogP contribution in [-0.2, 0) is 6.54 Å². The third-order valence-corrected chi connectivity index (χ3v) is 3.64. The van der Waals surface area contributed by atoms with Crippen molar-refractivity contribution >= 4 is 17.5 Å². The van der Waals surface area contributed by atoms with Crippen LogP contribution in [0, 0.1) is 0 Å². The number of carbonyl (C=O) groups is 2. The molecule has 0 saturated carbocycles. The molecule has 1 N–H and O–H groups in total. The number of aromatic nitrogens is 1. The second kappa shape index (κ2) is 6.58. The van der Waals surface area contributed by atoms with Crippen LogP contribution in [-0.4, -0.2) is 30.3 Å². The smallest absolute Gasteiger partial charge is 0.261 e. The molecule has 2 heterocycles. The van der Waals surface area contributed by atoms with Crippen molar-refractivity contribution in [3.05, 3.63) is 59.9 Å². The summed E-state index contributed by atoms with van der Waals surface area (Å²) in [5.41, 5.74) is 2.02. The molecule has 2 aromatic rings. The number of fused-ring (bicyclic) bond motifs is 1. The molecule has 0 spiro atoms. The molecule has 0 aliphatic carbocycles. The molecule has 0 atom stereocenters. The fourth-order valence-corrected chi connectivity index (χ4v) is 2.43. The Hall–Kier alpha value is -2.40. The van der Waals surface area contributed by atoms with Crippen molar-refractivity contribution < 1.29 is 26.6 Å². The van der Waals surface area contributed by atoms with Crippen LogP contribution in [0.5, 0.6) is 0 Å². The van der Waals surface area contributed by atoms with Crippen molar-refractivity contribution in [1.29, 1.82) is 0 Å². The van der Waals surface area contributed by atoms with Gasteiger partial charge in [-0.1, -0.05) is 12.1 Å². The van der Waals surface area contributed by atoms with Crippen molar-refractivity contribution in [3.8, 4) is 0 Å². The summed E-state index contributed by atoms with van der Waals surface area (Å²) < 4.78 is 1.95. The second-order valence-electron chi connectivity index (χ2n) is 4.88. The number of benzene rings is 1. The van der Waals surface area contributed by atoms with Gasteiger partial charge in [-0.25, -0.2) is 4.57 Å². The van der Waals surface area contributed by atoms with Crippen LogP contribution in [0.4, 0.5) is 5.69 Å². The molecular weight excluding hydrogens is 302 g/mol. The first-order valence-corrected chi connectivity index (χ1v) is 6.83.